The Bertz CT molecular complexity index is 290. The van der Waals surface area contributed by atoms with Gasteiger partial charge in [0.1, 0.15) is 0 Å². The van der Waals surface area contributed by atoms with E-state index in [-0.39, 0.29) is 5.78 Å². The molecule has 0 bridgehead atoms. The lowest BCUT2D eigenvalue weighted by atomic mass is 10.3. The summed E-state index contributed by atoms with van der Waals surface area (Å²) < 4.78 is 3.73. The van der Waals surface area contributed by atoms with Gasteiger partial charge < -0.3 is 0 Å². The largest absolute Gasteiger partial charge is 0.295 e. The van der Waals surface area contributed by atoms with Crippen molar-refractivity contribution in [3.63, 3.8) is 0 Å². The first-order chi connectivity index (χ1) is 5.20. The zero-order valence-corrected chi connectivity index (χ0v) is 7.18. The highest BCUT2D eigenvalue weighted by Gasteiger charge is 1.97. The normalized spacial score (nSPS) is 10.7. The average Bonchev–Trinajstić information content (AvgIpc) is 2.31. The van der Waals surface area contributed by atoms with Crippen LogP contribution < -0.4 is 0 Å². The molecule has 1 heterocycles. The molecule has 11 heavy (non-hydrogen) atoms. The van der Waals surface area contributed by atoms with Gasteiger partial charge in [-0.2, -0.15) is 0 Å². The monoisotopic (exact) mass is 168 g/mol. The van der Waals surface area contributed by atoms with Crippen LogP contribution in [-0.2, 0) is 4.79 Å². The van der Waals surface area contributed by atoms with Crippen molar-refractivity contribution in [2.45, 2.75) is 13.8 Å². The summed E-state index contributed by atoms with van der Waals surface area (Å²) in [7, 11) is 0. The molecule has 0 saturated heterocycles. The highest BCUT2D eigenvalue weighted by Crippen LogP contribution is 2.10. The van der Waals surface area contributed by atoms with Gasteiger partial charge in [-0.3, -0.25) is 4.79 Å². The van der Waals surface area contributed by atoms with E-state index in [9.17, 15) is 4.79 Å². The molecule has 0 aromatic carbocycles. The summed E-state index contributed by atoms with van der Waals surface area (Å²) in [5.41, 5.74) is 0.868. The van der Waals surface area contributed by atoms with Crippen molar-refractivity contribution < 1.29 is 4.79 Å². The SMILES string of the molecule is CC(=O)C=Cc1snnc1C. The van der Waals surface area contributed by atoms with Crippen LogP contribution in [0.1, 0.15) is 17.5 Å². The Labute approximate surface area is 68.9 Å². The minimum Gasteiger partial charge on any atom is -0.295 e. The van der Waals surface area contributed by atoms with Gasteiger partial charge in [0.15, 0.2) is 5.78 Å². The standard InChI is InChI=1S/C7H8N2OS/c1-5(10)3-4-7-6(2)8-9-11-7/h3-4H,1-2H3. The van der Waals surface area contributed by atoms with Crippen LogP contribution in [0.4, 0.5) is 0 Å². The van der Waals surface area contributed by atoms with Crippen LogP contribution in [0.25, 0.3) is 6.08 Å². The van der Waals surface area contributed by atoms with Gasteiger partial charge in [0.2, 0.25) is 0 Å². The zero-order chi connectivity index (χ0) is 8.27. The Morgan fingerprint density at radius 3 is 2.82 bits per heavy atom. The minimum absolute atomic E-state index is 0.0396. The Morgan fingerprint density at radius 2 is 2.36 bits per heavy atom. The number of aryl methyl sites for hydroxylation is 1. The van der Waals surface area contributed by atoms with Crippen LogP contribution in [0.2, 0.25) is 0 Å². The number of nitrogens with zero attached hydrogens (tertiary/aromatic N) is 2. The van der Waals surface area contributed by atoms with Crippen LogP contribution in [0.3, 0.4) is 0 Å². The molecule has 0 unspecified atom stereocenters. The lowest BCUT2D eigenvalue weighted by Crippen LogP contribution is -1.79. The van der Waals surface area contributed by atoms with Crippen molar-refractivity contribution in [2.75, 3.05) is 0 Å². The molecule has 0 amide bonds. The highest BCUT2D eigenvalue weighted by molar-refractivity contribution is 7.06. The van der Waals surface area contributed by atoms with Crippen LogP contribution in [0.15, 0.2) is 6.08 Å². The lowest BCUT2D eigenvalue weighted by molar-refractivity contribution is -0.112. The molecule has 1 aromatic rings. The number of rotatable bonds is 2. The molecule has 0 radical (unpaired) electrons. The molecule has 0 aliphatic rings. The van der Waals surface area contributed by atoms with Gasteiger partial charge in [0.25, 0.3) is 0 Å². The second kappa shape index (κ2) is 3.39. The maximum absolute atomic E-state index is 10.5. The van der Waals surface area contributed by atoms with Gasteiger partial charge in [-0.25, -0.2) is 0 Å². The molecule has 0 N–H and O–H groups in total. The summed E-state index contributed by atoms with van der Waals surface area (Å²) in [4.78, 5) is 11.5. The third-order valence-electron chi connectivity index (χ3n) is 1.16. The zero-order valence-electron chi connectivity index (χ0n) is 6.37. The molecule has 1 rings (SSSR count). The number of aromatic nitrogens is 2. The fourth-order valence-electron chi connectivity index (χ4n) is 0.585. The van der Waals surface area contributed by atoms with Crippen molar-refractivity contribution in [1.82, 2.24) is 9.59 Å². The van der Waals surface area contributed by atoms with E-state index in [1.165, 1.54) is 24.5 Å². The first-order valence-electron chi connectivity index (χ1n) is 3.18. The molecule has 0 aliphatic heterocycles. The highest BCUT2D eigenvalue weighted by atomic mass is 32.1. The number of carbonyl (C=O) groups excluding carboxylic acids is 1. The lowest BCUT2D eigenvalue weighted by Gasteiger charge is -1.82. The Balaban J connectivity index is 2.79. The van der Waals surface area contributed by atoms with Crippen molar-refractivity contribution in [3.05, 3.63) is 16.6 Å². The van der Waals surface area contributed by atoms with Crippen LogP contribution in [0, 0.1) is 6.92 Å². The van der Waals surface area contributed by atoms with Crippen LogP contribution in [0.5, 0.6) is 0 Å². The van der Waals surface area contributed by atoms with Crippen molar-refractivity contribution >= 4 is 23.4 Å². The number of allylic oxidation sites excluding steroid dienone is 1. The smallest absolute Gasteiger partial charge is 0.152 e. The summed E-state index contributed by atoms with van der Waals surface area (Å²) in [5, 5.41) is 3.80. The molecule has 4 heteroatoms. The van der Waals surface area contributed by atoms with E-state index in [2.05, 4.69) is 9.59 Å². The van der Waals surface area contributed by atoms with Crippen molar-refractivity contribution in [2.24, 2.45) is 0 Å². The summed E-state index contributed by atoms with van der Waals surface area (Å²) in [6, 6.07) is 0. The minimum atomic E-state index is 0.0396. The van der Waals surface area contributed by atoms with Gasteiger partial charge in [-0.05, 0) is 37.5 Å². The maximum Gasteiger partial charge on any atom is 0.152 e. The topological polar surface area (TPSA) is 42.9 Å². The molecular weight excluding hydrogens is 160 g/mol. The van der Waals surface area contributed by atoms with Gasteiger partial charge in [0.05, 0.1) is 10.6 Å². The summed E-state index contributed by atoms with van der Waals surface area (Å²) in [6.07, 6.45) is 3.25. The first kappa shape index (κ1) is 8.07. The Morgan fingerprint density at radius 1 is 1.64 bits per heavy atom. The van der Waals surface area contributed by atoms with E-state index >= 15 is 0 Å². The first-order valence-corrected chi connectivity index (χ1v) is 3.95. The number of hydrogen-bond donors (Lipinski definition) is 0. The molecule has 0 aliphatic carbocycles. The van der Waals surface area contributed by atoms with Crippen LogP contribution in [-0.4, -0.2) is 15.4 Å². The third-order valence-corrected chi connectivity index (χ3v) is 1.95. The van der Waals surface area contributed by atoms with Crippen molar-refractivity contribution in [1.29, 1.82) is 0 Å². The third kappa shape index (κ3) is 2.23. The van der Waals surface area contributed by atoms with E-state index in [4.69, 9.17) is 0 Å². The predicted molar refractivity (Wildman–Crippen MR) is 44.4 cm³/mol. The second-order valence-corrected chi connectivity index (χ2v) is 2.95. The quantitative estimate of drug-likeness (QED) is 0.628. The molecule has 0 atom stereocenters. The predicted octanol–water partition coefficient (Wildman–Crippen LogP) is 1.45. The molecule has 0 fully saturated rings. The fourth-order valence-corrected chi connectivity index (χ4v) is 1.14. The molecule has 0 spiro atoms. The fraction of sp³-hybridized carbons (Fsp3) is 0.286. The van der Waals surface area contributed by atoms with E-state index in [0.717, 1.165) is 10.6 Å². The van der Waals surface area contributed by atoms with Gasteiger partial charge in [0, 0.05) is 0 Å². The molecule has 58 valence electrons. The number of hydrogen-bond acceptors (Lipinski definition) is 4. The number of ketones is 1. The van der Waals surface area contributed by atoms with E-state index in [0.29, 0.717) is 0 Å². The summed E-state index contributed by atoms with van der Waals surface area (Å²) >= 11 is 1.29. The maximum atomic E-state index is 10.5. The number of carbonyl (C=O) groups is 1. The molecule has 3 nitrogen and oxygen atoms in total. The van der Waals surface area contributed by atoms with E-state index < -0.39 is 0 Å². The van der Waals surface area contributed by atoms with Gasteiger partial charge in [-0.15, -0.1) is 5.10 Å². The van der Waals surface area contributed by atoms with Crippen molar-refractivity contribution in [3.8, 4) is 0 Å². The van der Waals surface area contributed by atoms with Crippen LogP contribution >= 0.6 is 11.5 Å². The average molecular weight is 168 g/mol. The molecular formula is C7H8N2OS. The second-order valence-electron chi connectivity index (χ2n) is 2.17. The Kier molecular flexibility index (Phi) is 2.48. The Hall–Kier alpha value is -1.03. The van der Waals surface area contributed by atoms with Gasteiger partial charge >= 0.3 is 0 Å². The van der Waals surface area contributed by atoms with E-state index in [1.54, 1.807) is 6.08 Å². The van der Waals surface area contributed by atoms with E-state index in [1.807, 2.05) is 6.92 Å². The summed E-state index contributed by atoms with van der Waals surface area (Å²) in [5.74, 6) is 0.0396. The molecule has 1 aromatic heterocycles. The van der Waals surface area contributed by atoms with Gasteiger partial charge in [-0.1, -0.05) is 4.49 Å². The molecule has 0 saturated carbocycles. The summed E-state index contributed by atoms with van der Waals surface area (Å²) in [6.45, 7) is 3.38.